The van der Waals surface area contributed by atoms with E-state index in [1.807, 2.05) is 0 Å². The molecule has 0 atom stereocenters. The molecule has 0 saturated heterocycles. The average molecular weight is 353 g/mol. The predicted octanol–water partition coefficient (Wildman–Crippen LogP) is 1.43. The van der Waals surface area contributed by atoms with Gasteiger partial charge in [-0.05, 0) is 19.1 Å². The van der Waals surface area contributed by atoms with Gasteiger partial charge in [0.05, 0.1) is 24.0 Å². The molecule has 0 bridgehead atoms. The lowest BCUT2D eigenvalue weighted by atomic mass is 10.2. The van der Waals surface area contributed by atoms with Crippen LogP contribution >= 0.6 is 11.6 Å². The van der Waals surface area contributed by atoms with Crippen LogP contribution in [0.2, 0.25) is 5.02 Å². The molecule has 0 fully saturated rings. The van der Waals surface area contributed by atoms with Gasteiger partial charge in [-0.1, -0.05) is 11.6 Å². The highest BCUT2D eigenvalue weighted by Crippen LogP contribution is 2.35. The molecule has 128 valence electrons. The fourth-order valence-electron chi connectivity index (χ4n) is 2.06. The van der Waals surface area contributed by atoms with Gasteiger partial charge in [-0.25, -0.2) is 10.4 Å². The molecule has 0 aliphatic carbocycles. The zero-order chi connectivity index (χ0) is 17.7. The van der Waals surface area contributed by atoms with E-state index < -0.39 is 0 Å². The van der Waals surface area contributed by atoms with Gasteiger partial charge in [0.15, 0.2) is 11.5 Å². The van der Waals surface area contributed by atoms with Crippen LogP contribution < -0.4 is 15.7 Å². The summed E-state index contributed by atoms with van der Waals surface area (Å²) in [6.07, 6.45) is 1.61. The Morgan fingerprint density at radius 1 is 1.50 bits per heavy atom. The number of hydrogen-bond acceptors (Lipinski definition) is 7. The number of aromatic amines is 1. The molecule has 2 rings (SSSR count). The van der Waals surface area contributed by atoms with E-state index in [4.69, 9.17) is 21.4 Å². The summed E-state index contributed by atoms with van der Waals surface area (Å²) in [5, 5.41) is 22.8. The number of anilines is 1. The van der Waals surface area contributed by atoms with Gasteiger partial charge in [-0.3, -0.25) is 9.78 Å². The molecule has 9 heteroatoms. The first-order valence-corrected chi connectivity index (χ1v) is 7.41. The van der Waals surface area contributed by atoms with Crippen LogP contribution in [0.4, 0.5) is 5.95 Å². The molecule has 1 aromatic heterocycles. The third-order valence-electron chi connectivity index (χ3n) is 3.29. The Bertz CT molecular complexity index is 820. The number of ether oxygens (including phenoxy) is 1. The maximum atomic E-state index is 11.9. The van der Waals surface area contributed by atoms with Crippen LogP contribution in [0.1, 0.15) is 16.8 Å². The van der Waals surface area contributed by atoms with Crippen LogP contribution in [0.25, 0.3) is 0 Å². The molecule has 0 aliphatic heterocycles. The van der Waals surface area contributed by atoms with Gasteiger partial charge < -0.3 is 14.9 Å². The number of aryl methyl sites for hydroxylation is 1. The first-order valence-electron chi connectivity index (χ1n) is 7.03. The molecule has 1 heterocycles. The quantitative estimate of drug-likeness (QED) is 0.461. The number of hydrazone groups is 1. The molecule has 0 aliphatic rings. The number of methoxy groups -OCH3 is 1. The van der Waals surface area contributed by atoms with Crippen molar-refractivity contribution in [3.63, 3.8) is 0 Å². The zero-order valence-corrected chi connectivity index (χ0v) is 13.9. The topological polar surface area (TPSA) is 120 Å². The Morgan fingerprint density at radius 3 is 2.88 bits per heavy atom. The molecule has 0 spiro atoms. The van der Waals surface area contributed by atoms with E-state index in [2.05, 4.69) is 20.5 Å². The Labute approximate surface area is 142 Å². The standard InChI is InChI=1S/C15H17ClN4O4/c1-8-10(5-6-21)14(23)19-15(18-8)20-17-7-9-3-4-11(24-2)13(22)12(9)16/h3-4,7,21-22H,5-6H2,1-2H3,(H2,18,19,20,23)/b17-7-. The van der Waals surface area contributed by atoms with Crippen molar-refractivity contribution in [1.29, 1.82) is 0 Å². The maximum absolute atomic E-state index is 11.9. The van der Waals surface area contributed by atoms with E-state index in [1.165, 1.54) is 13.3 Å². The summed E-state index contributed by atoms with van der Waals surface area (Å²) in [5.41, 5.74) is 3.64. The van der Waals surface area contributed by atoms with Crippen molar-refractivity contribution in [2.45, 2.75) is 13.3 Å². The highest BCUT2D eigenvalue weighted by Gasteiger charge is 2.10. The number of rotatable bonds is 6. The summed E-state index contributed by atoms with van der Waals surface area (Å²) < 4.78 is 4.95. The number of aliphatic hydroxyl groups is 1. The first kappa shape index (κ1) is 17.8. The lowest BCUT2D eigenvalue weighted by molar-refractivity contribution is 0.298. The van der Waals surface area contributed by atoms with Crippen molar-refractivity contribution in [3.05, 3.63) is 44.3 Å². The molecular formula is C15H17ClN4O4. The number of H-pyrrole nitrogens is 1. The van der Waals surface area contributed by atoms with Crippen LogP contribution in [0, 0.1) is 6.92 Å². The van der Waals surface area contributed by atoms with Crippen molar-refractivity contribution >= 4 is 23.8 Å². The lowest BCUT2D eigenvalue weighted by Gasteiger charge is -2.07. The SMILES string of the molecule is COc1ccc(/C=N\Nc2nc(C)c(CCO)c(=O)[nH]2)c(Cl)c1O. The van der Waals surface area contributed by atoms with Crippen LogP contribution in [0.5, 0.6) is 11.5 Å². The number of benzene rings is 1. The van der Waals surface area contributed by atoms with E-state index in [-0.39, 0.29) is 41.1 Å². The molecule has 0 radical (unpaired) electrons. The number of phenols is 1. The second-order valence-corrected chi connectivity index (χ2v) is 5.22. The highest BCUT2D eigenvalue weighted by atomic mass is 35.5. The van der Waals surface area contributed by atoms with E-state index in [9.17, 15) is 9.90 Å². The van der Waals surface area contributed by atoms with Crippen molar-refractivity contribution in [2.24, 2.45) is 5.10 Å². The number of nitrogens with zero attached hydrogens (tertiary/aromatic N) is 2. The Hall–Kier alpha value is -2.58. The van der Waals surface area contributed by atoms with Crippen molar-refractivity contribution in [1.82, 2.24) is 9.97 Å². The Morgan fingerprint density at radius 2 is 2.25 bits per heavy atom. The van der Waals surface area contributed by atoms with Crippen molar-refractivity contribution < 1.29 is 14.9 Å². The van der Waals surface area contributed by atoms with Crippen molar-refractivity contribution in [3.8, 4) is 11.5 Å². The van der Waals surface area contributed by atoms with E-state index in [0.717, 1.165) is 0 Å². The fourth-order valence-corrected chi connectivity index (χ4v) is 2.26. The highest BCUT2D eigenvalue weighted by molar-refractivity contribution is 6.34. The molecule has 1 aromatic carbocycles. The largest absolute Gasteiger partial charge is 0.503 e. The molecule has 0 amide bonds. The van der Waals surface area contributed by atoms with Crippen LogP contribution in [0.15, 0.2) is 22.0 Å². The molecule has 0 unspecified atom stereocenters. The number of aromatic hydroxyl groups is 1. The van der Waals surface area contributed by atoms with Gasteiger partial charge >= 0.3 is 0 Å². The molecule has 24 heavy (non-hydrogen) atoms. The zero-order valence-electron chi connectivity index (χ0n) is 13.1. The number of nitrogens with one attached hydrogen (secondary N) is 2. The fraction of sp³-hybridized carbons (Fsp3) is 0.267. The van der Waals surface area contributed by atoms with E-state index in [0.29, 0.717) is 16.8 Å². The molecular weight excluding hydrogens is 336 g/mol. The smallest absolute Gasteiger partial charge is 0.255 e. The number of halogens is 1. The van der Waals surface area contributed by atoms with E-state index >= 15 is 0 Å². The molecule has 4 N–H and O–H groups in total. The second kappa shape index (κ2) is 7.80. The second-order valence-electron chi connectivity index (χ2n) is 4.84. The van der Waals surface area contributed by atoms with Crippen LogP contribution in [0.3, 0.4) is 0 Å². The first-order chi connectivity index (χ1) is 11.5. The summed E-state index contributed by atoms with van der Waals surface area (Å²) in [6, 6.07) is 3.17. The molecule has 8 nitrogen and oxygen atoms in total. The van der Waals surface area contributed by atoms with Gasteiger partial charge in [0.25, 0.3) is 5.56 Å². The summed E-state index contributed by atoms with van der Waals surface area (Å²) in [7, 11) is 1.42. The Kier molecular flexibility index (Phi) is 5.78. The minimum atomic E-state index is -0.339. The van der Waals surface area contributed by atoms with Gasteiger partial charge in [-0.15, -0.1) is 0 Å². The van der Waals surface area contributed by atoms with Gasteiger partial charge in [0.1, 0.15) is 0 Å². The third kappa shape index (κ3) is 3.84. The van der Waals surface area contributed by atoms with E-state index in [1.54, 1.807) is 19.1 Å². The minimum Gasteiger partial charge on any atom is -0.503 e. The summed E-state index contributed by atoms with van der Waals surface area (Å²) in [4.78, 5) is 18.6. The normalized spacial score (nSPS) is 11.0. The van der Waals surface area contributed by atoms with Gasteiger partial charge in [0.2, 0.25) is 5.95 Å². The summed E-state index contributed by atoms with van der Waals surface area (Å²) in [6.45, 7) is 1.55. The van der Waals surface area contributed by atoms with Crippen LogP contribution in [-0.2, 0) is 6.42 Å². The number of aromatic nitrogens is 2. The number of aliphatic hydroxyl groups excluding tert-OH is 1. The van der Waals surface area contributed by atoms with Crippen molar-refractivity contribution in [2.75, 3.05) is 19.1 Å². The van der Waals surface area contributed by atoms with Gasteiger partial charge in [-0.2, -0.15) is 5.10 Å². The summed E-state index contributed by atoms with van der Waals surface area (Å²) in [5.74, 6) is 0.231. The predicted molar refractivity (Wildman–Crippen MR) is 91.3 cm³/mol. The molecule has 0 saturated carbocycles. The van der Waals surface area contributed by atoms with Crippen LogP contribution in [-0.4, -0.2) is 40.1 Å². The molecule has 2 aromatic rings. The number of hydrogen-bond donors (Lipinski definition) is 4. The monoisotopic (exact) mass is 352 g/mol. The van der Waals surface area contributed by atoms with Gasteiger partial charge in [0, 0.05) is 24.2 Å². The maximum Gasteiger partial charge on any atom is 0.255 e. The Balaban J connectivity index is 2.18. The number of phenolic OH excluding ortho intramolecular Hbond substituents is 1. The average Bonchev–Trinajstić information content (AvgIpc) is 2.55. The minimum absolute atomic E-state index is 0.0934. The summed E-state index contributed by atoms with van der Waals surface area (Å²) >= 11 is 6.02. The third-order valence-corrected chi connectivity index (χ3v) is 3.68. The lowest BCUT2D eigenvalue weighted by Crippen LogP contribution is -2.19.